The van der Waals surface area contributed by atoms with Crippen molar-refractivity contribution in [2.45, 2.75) is 65.7 Å². The van der Waals surface area contributed by atoms with Gasteiger partial charge in [0.15, 0.2) is 0 Å². The normalized spacial score (nSPS) is 13.3. The number of benzene rings is 1. The zero-order chi connectivity index (χ0) is 17.0. The molecule has 1 aromatic carbocycles. The third-order valence-corrected chi connectivity index (χ3v) is 3.98. The van der Waals surface area contributed by atoms with Crippen LogP contribution < -0.4 is 10.6 Å². The van der Waals surface area contributed by atoms with Crippen LogP contribution in [0.3, 0.4) is 0 Å². The average molecular weight is 316 g/mol. The van der Waals surface area contributed by atoms with Gasteiger partial charge in [-0.15, -0.1) is 0 Å². The second kappa shape index (κ2) is 7.13. The highest BCUT2D eigenvalue weighted by atomic mass is 16.1. The van der Waals surface area contributed by atoms with Crippen LogP contribution in [-0.2, 0) is 17.9 Å². The van der Waals surface area contributed by atoms with Gasteiger partial charge in [-0.2, -0.15) is 5.10 Å². The molecule has 0 aliphatic carbocycles. The third-order valence-electron chi connectivity index (χ3n) is 3.98. The van der Waals surface area contributed by atoms with Crippen molar-refractivity contribution in [2.24, 2.45) is 0 Å². The minimum absolute atomic E-state index is 0.00915. The molecule has 5 heteroatoms. The molecule has 0 aliphatic rings. The Morgan fingerprint density at radius 3 is 2.70 bits per heavy atom. The van der Waals surface area contributed by atoms with Crippen LogP contribution in [-0.4, -0.2) is 27.3 Å². The summed E-state index contributed by atoms with van der Waals surface area (Å²) >= 11 is 0. The van der Waals surface area contributed by atoms with Crippen molar-refractivity contribution in [3.05, 3.63) is 30.0 Å². The molecule has 1 amide bonds. The summed E-state index contributed by atoms with van der Waals surface area (Å²) in [7, 11) is 0. The van der Waals surface area contributed by atoms with Crippen molar-refractivity contribution in [3.63, 3.8) is 0 Å². The minimum Gasteiger partial charge on any atom is -0.351 e. The smallest absolute Gasteiger partial charge is 0.217 e. The fourth-order valence-electron chi connectivity index (χ4n) is 3.20. The van der Waals surface area contributed by atoms with Crippen molar-refractivity contribution in [3.8, 4) is 0 Å². The van der Waals surface area contributed by atoms with E-state index < -0.39 is 0 Å². The highest BCUT2D eigenvalue weighted by molar-refractivity contribution is 5.81. The molecule has 1 atom stereocenters. The van der Waals surface area contributed by atoms with E-state index in [2.05, 4.69) is 42.7 Å². The Balaban J connectivity index is 2.02. The minimum atomic E-state index is -0.219. The largest absolute Gasteiger partial charge is 0.351 e. The molecule has 0 spiro atoms. The van der Waals surface area contributed by atoms with Gasteiger partial charge in [-0.25, -0.2) is 0 Å². The number of carbonyl (C=O) groups excluding carboxylic acids is 1. The lowest BCUT2D eigenvalue weighted by Crippen LogP contribution is -2.46. The summed E-state index contributed by atoms with van der Waals surface area (Å²) in [5.41, 5.74) is 2.04. The number of amides is 1. The van der Waals surface area contributed by atoms with Crippen molar-refractivity contribution in [1.29, 1.82) is 0 Å². The molecule has 5 nitrogen and oxygen atoms in total. The average Bonchev–Trinajstić information content (AvgIpc) is 2.81. The van der Waals surface area contributed by atoms with Crippen molar-refractivity contribution < 1.29 is 4.79 Å². The van der Waals surface area contributed by atoms with E-state index >= 15 is 0 Å². The number of nitrogens with one attached hydrogen (secondary N) is 2. The van der Waals surface area contributed by atoms with Crippen LogP contribution in [0.5, 0.6) is 0 Å². The second-order valence-electron chi connectivity index (χ2n) is 6.83. The van der Waals surface area contributed by atoms with Gasteiger partial charge in [0.1, 0.15) is 0 Å². The number of hydrogen-bond acceptors (Lipinski definition) is 3. The monoisotopic (exact) mass is 316 g/mol. The first-order valence-electron chi connectivity index (χ1n) is 8.29. The number of fused-ring (bicyclic) bond motifs is 1. The summed E-state index contributed by atoms with van der Waals surface area (Å²) in [5, 5.41) is 12.4. The highest BCUT2D eigenvalue weighted by Crippen LogP contribution is 2.19. The van der Waals surface area contributed by atoms with Crippen LogP contribution in [0.2, 0.25) is 0 Å². The molecule has 0 saturated carbocycles. The molecule has 0 aliphatic heterocycles. The number of aryl methyl sites for hydroxylation is 1. The lowest BCUT2D eigenvalue weighted by molar-refractivity contribution is -0.120. The zero-order valence-electron chi connectivity index (χ0n) is 14.8. The molecule has 126 valence electrons. The summed E-state index contributed by atoms with van der Waals surface area (Å²) in [6.45, 7) is 11.5. The Hall–Kier alpha value is -1.88. The summed E-state index contributed by atoms with van der Waals surface area (Å²) in [6.07, 6.45) is 0.860. The predicted molar refractivity (Wildman–Crippen MR) is 94.2 cm³/mol. The van der Waals surface area contributed by atoms with E-state index in [0.29, 0.717) is 0 Å². The lowest BCUT2D eigenvalue weighted by atomic mass is 9.96. The van der Waals surface area contributed by atoms with Gasteiger partial charge in [0, 0.05) is 37.0 Å². The molecule has 2 N–H and O–H groups in total. The van der Waals surface area contributed by atoms with Gasteiger partial charge in [-0.1, -0.05) is 18.2 Å². The molecule has 2 rings (SSSR count). The molecule has 1 aromatic heterocycles. The molecule has 23 heavy (non-hydrogen) atoms. The molecule has 0 saturated heterocycles. The Morgan fingerprint density at radius 1 is 1.35 bits per heavy atom. The van der Waals surface area contributed by atoms with E-state index in [1.165, 1.54) is 10.9 Å². The maximum absolute atomic E-state index is 11.3. The topological polar surface area (TPSA) is 59.0 Å². The maximum Gasteiger partial charge on any atom is 0.217 e. The van der Waals surface area contributed by atoms with Crippen LogP contribution in [0.15, 0.2) is 24.3 Å². The fraction of sp³-hybridized carbons (Fsp3) is 0.556. The van der Waals surface area contributed by atoms with Crippen molar-refractivity contribution >= 4 is 16.8 Å². The van der Waals surface area contributed by atoms with Crippen LogP contribution in [0.25, 0.3) is 10.9 Å². The van der Waals surface area contributed by atoms with E-state index in [1.807, 2.05) is 24.6 Å². The lowest BCUT2D eigenvalue weighted by Gasteiger charge is -2.29. The Morgan fingerprint density at radius 2 is 2.04 bits per heavy atom. The molecule has 0 unspecified atom stereocenters. The summed E-state index contributed by atoms with van der Waals surface area (Å²) in [4.78, 5) is 11.3. The van der Waals surface area contributed by atoms with Gasteiger partial charge in [0.05, 0.1) is 11.2 Å². The highest BCUT2D eigenvalue weighted by Gasteiger charge is 2.22. The van der Waals surface area contributed by atoms with Crippen LogP contribution in [0, 0.1) is 0 Å². The van der Waals surface area contributed by atoms with E-state index in [4.69, 9.17) is 5.10 Å². The second-order valence-corrected chi connectivity index (χ2v) is 6.83. The zero-order valence-corrected chi connectivity index (χ0v) is 14.8. The Kier molecular flexibility index (Phi) is 5.42. The molecule has 2 aromatic rings. The molecule has 0 radical (unpaired) electrons. The first-order valence-corrected chi connectivity index (χ1v) is 8.29. The van der Waals surface area contributed by atoms with Gasteiger partial charge in [-0.05, 0) is 40.2 Å². The quantitative estimate of drug-likeness (QED) is 0.826. The standard InChI is InChI=1S/C18H28N4O/c1-6-22-17-10-8-7-9-15(17)16(21-22)12-19-13(2)11-18(4,5)20-14(3)23/h7-10,13,19H,6,11-12H2,1-5H3,(H,20,23)/t13-/m1/s1. The molecular formula is C18H28N4O. The van der Waals surface area contributed by atoms with Gasteiger partial charge >= 0.3 is 0 Å². The maximum atomic E-state index is 11.3. The fourth-order valence-corrected chi connectivity index (χ4v) is 3.20. The van der Waals surface area contributed by atoms with Gasteiger partial charge in [0.2, 0.25) is 5.91 Å². The number of para-hydroxylation sites is 1. The Bertz CT molecular complexity index is 675. The number of nitrogens with zero attached hydrogens (tertiary/aromatic N) is 2. The number of rotatable bonds is 7. The van der Waals surface area contributed by atoms with Gasteiger partial charge < -0.3 is 10.6 Å². The Labute approximate surface area is 138 Å². The van der Waals surface area contributed by atoms with Crippen LogP contribution in [0.4, 0.5) is 0 Å². The summed E-state index contributed by atoms with van der Waals surface area (Å²) in [6, 6.07) is 8.61. The summed E-state index contributed by atoms with van der Waals surface area (Å²) < 4.78 is 2.04. The first-order chi connectivity index (χ1) is 10.8. The number of aromatic nitrogens is 2. The first kappa shape index (κ1) is 17.5. The van der Waals surface area contributed by atoms with Crippen molar-refractivity contribution in [1.82, 2.24) is 20.4 Å². The van der Waals surface area contributed by atoms with E-state index in [0.717, 1.165) is 25.2 Å². The van der Waals surface area contributed by atoms with Crippen molar-refractivity contribution in [2.75, 3.05) is 0 Å². The molecule has 0 bridgehead atoms. The van der Waals surface area contributed by atoms with E-state index in [-0.39, 0.29) is 17.5 Å². The summed E-state index contributed by atoms with van der Waals surface area (Å²) in [5.74, 6) is 0.00915. The van der Waals surface area contributed by atoms with E-state index in [9.17, 15) is 4.79 Å². The third kappa shape index (κ3) is 4.55. The predicted octanol–water partition coefficient (Wildman–Crippen LogP) is 2.84. The number of hydrogen-bond donors (Lipinski definition) is 2. The molecule has 0 fully saturated rings. The van der Waals surface area contributed by atoms with Gasteiger partial charge in [0.25, 0.3) is 0 Å². The van der Waals surface area contributed by atoms with Gasteiger partial charge in [-0.3, -0.25) is 9.48 Å². The molecule has 1 heterocycles. The van der Waals surface area contributed by atoms with E-state index in [1.54, 1.807) is 6.92 Å². The molecular weight excluding hydrogens is 288 g/mol. The SMILES string of the molecule is CCn1nc(CN[C@H](C)CC(C)(C)NC(C)=O)c2ccccc21. The van der Waals surface area contributed by atoms with Crippen LogP contribution in [0.1, 0.15) is 46.7 Å². The van der Waals surface area contributed by atoms with Crippen LogP contribution >= 0.6 is 0 Å². The number of carbonyl (C=O) groups is 1.